The summed E-state index contributed by atoms with van der Waals surface area (Å²) in [5, 5.41) is 12.8. The molecule has 0 atom stereocenters. The van der Waals surface area contributed by atoms with Crippen LogP contribution in [0.1, 0.15) is 52.2 Å². The summed E-state index contributed by atoms with van der Waals surface area (Å²) >= 11 is 0. The molecule has 1 rings (SSSR count). The summed E-state index contributed by atoms with van der Waals surface area (Å²) in [6.07, 6.45) is 1.09. The fourth-order valence-electron chi connectivity index (χ4n) is 2.14. The molecule has 0 aliphatic rings. The van der Waals surface area contributed by atoms with Gasteiger partial charge in [0.15, 0.2) is 0 Å². The predicted octanol–water partition coefficient (Wildman–Crippen LogP) is 3.68. The lowest BCUT2D eigenvalue weighted by Gasteiger charge is -2.24. The lowest BCUT2D eigenvalue weighted by Crippen LogP contribution is -2.35. The normalized spacial score (nSPS) is 11.2. The van der Waals surface area contributed by atoms with Gasteiger partial charge in [-0.05, 0) is 51.8 Å². The van der Waals surface area contributed by atoms with Gasteiger partial charge >= 0.3 is 0 Å². The van der Waals surface area contributed by atoms with E-state index in [1.165, 1.54) is 0 Å². The third kappa shape index (κ3) is 4.86. The second-order valence-corrected chi connectivity index (χ2v) is 6.15. The number of anilines is 1. The van der Waals surface area contributed by atoms with Crippen molar-refractivity contribution >= 4 is 5.69 Å². The highest BCUT2D eigenvalue weighted by Gasteiger charge is 2.12. The molecule has 0 heterocycles. The van der Waals surface area contributed by atoms with Gasteiger partial charge in [0.25, 0.3) is 0 Å². The van der Waals surface area contributed by atoms with E-state index in [-0.39, 0.29) is 5.54 Å². The molecule has 0 radical (unpaired) electrons. The SMILES string of the molecule is CCCN(CC)c1ccc(CNC(C)(C)C)cc1C#N. The first-order valence-electron chi connectivity index (χ1n) is 7.44. The Morgan fingerprint density at radius 3 is 2.45 bits per heavy atom. The summed E-state index contributed by atoms with van der Waals surface area (Å²) in [7, 11) is 0. The number of nitriles is 1. The van der Waals surface area contributed by atoms with Gasteiger partial charge in [-0.1, -0.05) is 13.0 Å². The molecule has 1 aromatic rings. The minimum atomic E-state index is 0.0865. The van der Waals surface area contributed by atoms with Gasteiger partial charge in [0.1, 0.15) is 6.07 Å². The van der Waals surface area contributed by atoms with Crippen molar-refractivity contribution < 1.29 is 0 Å². The predicted molar refractivity (Wildman–Crippen MR) is 85.9 cm³/mol. The van der Waals surface area contributed by atoms with Crippen LogP contribution in [0.3, 0.4) is 0 Å². The standard InChI is InChI=1S/C17H27N3/c1-6-10-20(7-2)16-9-8-14(11-15(16)12-18)13-19-17(3,4)5/h8-9,11,19H,6-7,10,13H2,1-5H3. The topological polar surface area (TPSA) is 39.1 Å². The maximum Gasteiger partial charge on any atom is 0.101 e. The molecule has 0 aromatic heterocycles. The molecule has 0 spiro atoms. The van der Waals surface area contributed by atoms with Crippen LogP contribution in [0, 0.1) is 11.3 Å². The Hall–Kier alpha value is -1.53. The quantitative estimate of drug-likeness (QED) is 0.859. The van der Waals surface area contributed by atoms with Crippen LogP contribution in [-0.4, -0.2) is 18.6 Å². The van der Waals surface area contributed by atoms with Crippen molar-refractivity contribution in [2.45, 2.75) is 53.1 Å². The van der Waals surface area contributed by atoms with Crippen LogP contribution in [0.2, 0.25) is 0 Å². The van der Waals surface area contributed by atoms with Crippen molar-refractivity contribution in [2.24, 2.45) is 0 Å². The van der Waals surface area contributed by atoms with E-state index >= 15 is 0 Å². The smallest absolute Gasteiger partial charge is 0.101 e. The van der Waals surface area contributed by atoms with Crippen molar-refractivity contribution in [3.05, 3.63) is 29.3 Å². The van der Waals surface area contributed by atoms with E-state index in [1.807, 2.05) is 6.07 Å². The number of benzene rings is 1. The van der Waals surface area contributed by atoms with E-state index in [2.05, 4.69) is 63.0 Å². The second kappa shape index (κ2) is 7.31. The molecule has 0 aliphatic heterocycles. The van der Waals surface area contributed by atoms with Crippen LogP contribution in [0.5, 0.6) is 0 Å². The third-order valence-electron chi connectivity index (χ3n) is 3.22. The zero-order valence-electron chi connectivity index (χ0n) is 13.5. The minimum Gasteiger partial charge on any atom is -0.371 e. The minimum absolute atomic E-state index is 0.0865. The Balaban J connectivity index is 2.93. The van der Waals surface area contributed by atoms with Crippen LogP contribution in [0.25, 0.3) is 0 Å². The van der Waals surface area contributed by atoms with Gasteiger partial charge in [0.05, 0.1) is 11.3 Å². The molecule has 0 aliphatic carbocycles. The van der Waals surface area contributed by atoms with Crippen molar-refractivity contribution in [3.8, 4) is 6.07 Å². The summed E-state index contributed by atoms with van der Waals surface area (Å²) in [4.78, 5) is 2.26. The van der Waals surface area contributed by atoms with Crippen molar-refractivity contribution in [2.75, 3.05) is 18.0 Å². The van der Waals surface area contributed by atoms with E-state index < -0.39 is 0 Å². The van der Waals surface area contributed by atoms with Crippen LogP contribution in [-0.2, 0) is 6.54 Å². The molecular weight excluding hydrogens is 246 g/mol. The fraction of sp³-hybridized carbons (Fsp3) is 0.588. The molecule has 1 N–H and O–H groups in total. The molecule has 0 saturated heterocycles. The highest BCUT2D eigenvalue weighted by atomic mass is 15.1. The van der Waals surface area contributed by atoms with Gasteiger partial charge in [-0.3, -0.25) is 0 Å². The summed E-state index contributed by atoms with van der Waals surface area (Å²) in [5.74, 6) is 0. The third-order valence-corrected chi connectivity index (χ3v) is 3.22. The average Bonchev–Trinajstić information content (AvgIpc) is 2.41. The zero-order chi connectivity index (χ0) is 15.2. The second-order valence-electron chi connectivity index (χ2n) is 6.15. The van der Waals surface area contributed by atoms with Crippen molar-refractivity contribution in [1.82, 2.24) is 5.32 Å². The highest BCUT2D eigenvalue weighted by molar-refractivity contribution is 5.60. The molecule has 0 fully saturated rings. The monoisotopic (exact) mass is 273 g/mol. The zero-order valence-corrected chi connectivity index (χ0v) is 13.5. The maximum atomic E-state index is 9.39. The maximum absolute atomic E-state index is 9.39. The molecule has 0 amide bonds. The van der Waals surface area contributed by atoms with Crippen LogP contribution < -0.4 is 10.2 Å². The first-order chi connectivity index (χ1) is 9.41. The molecule has 3 heteroatoms. The average molecular weight is 273 g/mol. The van der Waals surface area contributed by atoms with Gasteiger partial charge < -0.3 is 10.2 Å². The van der Waals surface area contributed by atoms with Crippen LogP contribution in [0.15, 0.2) is 18.2 Å². The summed E-state index contributed by atoms with van der Waals surface area (Å²) in [5.41, 5.74) is 3.07. The molecule has 110 valence electrons. The number of hydrogen-bond acceptors (Lipinski definition) is 3. The molecule has 0 saturated carbocycles. The largest absolute Gasteiger partial charge is 0.371 e. The molecule has 3 nitrogen and oxygen atoms in total. The van der Waals surface area contributed by atoms with Gasteiger partial charge in [0.2, 0.25) is 0 Å². The molecule has 20 heavy (non-hydrogen) atoms. The number of rotatable bonds is 6. The van der Waals surface area contributed by atoms with E-state index in [9.17, 15) is 5.26 Å². The highest BCUT2D eigenvalue weighted by Crippen LogP contribution is 2.22. The van der Waals surface area contributed by atoms with E-state index in [0.717, 1.165) is 42.9 Å². The molecule has 0 unspecified atom stereocenters. The number of nitrogens with one attached hydrogen (secondary N) is 1. The van der Waals surface area contributed by atoms with Gasteiger partial charge in [0, 0.05) is 25.2 Å². The molecular formula is C17H27N3. The van der Waals surface area contributed by atoms with E-state index in [0.29, 0.717) is 0 Å². The Bertz CT molecular complexity index is 466. The van der Waals surface area contributed by atoms with E-state index in [1.54, 1.807) is 0 Å². The Morgan fingerprint density at radius 2 is 1.95 bits per heavy atom. The summed E-state index contributed by atoms with van der Waals surface area (Å²) < 4.78 is 0. The fourth-order valence-corrected chi connectivity index (χ4v) is 2.14. The first kappa shape index (κ1) is 16.5. The Kier molecular flexibility index (Phi) is 6.04. The van der Waals surface area contributed by atoms with Crippen LogP contribution >= 0.6 is 0 Å². The first-order valence-corrected chi connectivity index (χ1v) is 7.44. The van der Waals surface area contributed by atoms with E-state index in [4.69, 9.17) is 0 Å². The Morgan fingerprint density at radius 1 is 1.25 bits per heavy atom. The summed E-state index contributed by atoms with van der Waals surface area (Å²) in [6.45, 7) is 13.4. The molecule has 1 aromatic carbocycles. The van der Waals surface area contributed by atoms with Gasteiger partial charge in [-0.15, -0.1) is 0 Å². The van der Waals surface area contributed by atoms with Gasteiger partial charge in [-0.2, -0.15) is 5.26 Å². The lowest BCUT2D eigenvalue weighted by molar-refractivity contribution is 0.424. The lowest BCUT2D eigenvalue weighted by atomic mass is 10.1. The number of nitrogens with zero attached hydrogens (tertiary/aromatic N) is 2. The number of hydrogen-bond donors (Lipinski definition) is 1. The summed E-state index contributed by atoms with van der Waals surface area (Å²) in [6, 6.07) is 8.54. The van der Waals surface area contributed by atoms with Crippen molar-refractivity contribution in [3.63, 3.8) is 0 Å². The van der Waals surface area contributed by atoms with Crippen molar-refractivity contribution in [1.29, 1.82) is 5.26 Å². The van der Waals surface area contributed by atoms with Gasteiger partial charge in [-0.25, -0.2) is 0 Å². The molecule has 0 bridgehead atoms. The Labute approximate surface area is 123 Å². The van der Waals surface area contributed by atoms with Crippen LogP contribution in [0.4, 0.5) is 5.69 Å².